The van der Waals surface area contributed by atoms with Crippen LogP contribution in [0.4, 0.5) is 0 Å². The SMILES string of the molecule is CC(Cc1ccccc1Cl)c1ccccc1. The molecule has 82 valence electrons. The van der Waals surface area contributed by atoms with Crippen LogP contribution in [0.15, 0.2) is 54.6 Å². The number of halogens is 1. The highest BCUT2D eigenvalue weighted by molar-refractivity contribution is 6.31. The van der Waals surface area contributed by atoms with E-state index in [2.05, 4.69) is 37.3 Å². The molecule has 16 heavy (non-hydrogen) atoms. The molecular formula is C15H15Cl. The Morgan fingerprint density at radius 3 is 2.25 bits per heavy atom. The lowest BCUT2D eigenvalue weighted by atomic mass is 9.94. The van der Waals surface area contributed by atoms with E-state index in [-0.39, 0.29) is 0 Å². The van der Waals surface area contributed by atoms with Crippen LogP contribution >= 0.6 is 11.6 Å². The average Bonchev–Trinajstić information content (AvgIpc) is 2.33. The fraction of sp³-hybridized carbons (Fsp3) is 0.200. The van der Waals surface area contributed by atoms with Crippen LogP contribution in [0.5, 0.6) is 0 Å². The van der Waals surface area contributed by atoms with E-state index in [1.807, 2.05) is 24.3 Å². The first kappa shape index (κ1) is 11.2. The van der Waals surface area contributed by atoms with E-state index in [1.54, 1.807) is 0 Å². The molecular weight excluding hydrogens is 216 g/mol. The Labute approximate surface area is 102 Å². The Morgan fingerprint density at radius 1 is 0.938 bits per heavy atom. The lowest BCUT2D eigenvalue weighted by molar-refractivity contribution is 0.759. The lowest BCUT2D eigenvalue weighted by Crippen LogP contribution is -1.98. The van der Waals surface area contributed by atoms with Gasteiger partial charge in [0, 0.05) is 5.02 Å². The predicted octanol–water partition coefficient (Wildman–Crippen LogP) is 4.69. The molecule has 2 rings (SSSR count). The highest BCUT2D eigenvalue weighted by Crippen LogP contribution is 2.24. The van der Waals surface area contributed by atoms with E-state index in [4.69, 9.17) is 11.6 Å². The molecule has 0 saturated heterocycles. The van der Waals surface area contributed by atoms with Crippen molar-refractivity contribution in [3.63, 3.8) is 0 Å². The first-order valence-corrected chi connectivity index (χ1v) is 5.93. The van der Waals surface area contributed by atoms with Gasteiger partial charge < -0.3 is 0 Å². The molecule has 1 heteroatoms. The van der Waals surface area contributed by atoms with Crippen LogP contribution in [0.3, 0.4) is 0 Å². The fourth-order valence-corrected chi connectivity index (χ4v) is 2.11. The van der Waals surface area contributed by atoms with Crippen molar-refractivity contribution < 1.29 is 0 Å². The Kier molecular flexibility index (Phi) is 3.63. The molecule has 0 aromatic heterocycles. The maximum Gasteiger partial charge on any atom is 0.0438 e. The minimum absolute atomic E-state index is 0.501. The van der Waals surface area contributed by atoms with Crippen LogP contribution in [0.25, 0.3) is 0 Å². The van der Waals surface area contributed by atoms with E-state index >= 15 is 0 Å². The topological polar surface area (TPSA) is 0 Å². The number of hydrogen-bond donors (Lipinski definition) is 0. The predicted molar refractivity (Wildman–Crippen MR) is 70.0 cm³/mol. The van der Waals surface area contributed by atoms with Crippen molar-refractivity contribution in [1.82, 2.24) is 0 Å². The van der Waals surface area contributed by atoms with Gasteiger partial charge in [0.1, 0.15) is 0 Å². The molecule has 0 saturated carbocycles. The molecule has 0 radical (unpaired) electrons. The third-order valence-corrected chi connectivity index (χ3v) is 3.22. The molecule has 0 fully saturated rings. The van der Waals surface area contributed by atoms with Crippen LogP contribution in [0.1, 0.15) is 24.0 Å². The summed E-state index contributed by atoms with van der Waals surface area (Å²) in [5.41, 5.74) is 2.59. The smallest absolute Gasteiger partial charge is 0.0438 e. The zero-order valence-electron chi connectivity index (χ0n) is 9.36. The normalized spacial score (nSPS) is 12.4. The quantitative estimate of drug-likeness (QED) is 0.718. The van der Waals surface area contributed by atoms with Crippen LogP contribution in [-0.4, -0.2) is 0 Å². The molecule has 1 atom stereocenters. The first-order chi connectivity index (χ1) is 7.77. The van der Waals surface area contributed by atoms with E-state index in [9.17, 15) is 0 Å². The molecule has 0 nitrogen and oxygen atoms in total. The van der Waals surface area contributed by atoms with Crippen molar-refractivity contribution in [3.8, 4) is 0 Å². The second-order valence-electron chi connectivity index (χ2n) is 4.11. The van der Waals surface area contributed by atoms with Gasteiger partial charge in [-0.15, -0.1) is 0 Å². The van der Waals surface area contributed by atoms with Crippen molar-refractivity contribution in [3.05, 3.63) is 70.7 Å². The third-order valence-electron chi connectivity index (χ3n) is 2.85. The minimum atomic E-state index is 0.501. The standard InChI is InChI=1S/C15H15Cl/c1-12(13-7-3-2-4-8-13)11-14-9-5-6-10-15(14)16/h2-10,12H,11H2,1H3. The summed E-state index contributed by atoms with van der Waals surface area (Å²) in [6, 6.07) is 18.6. The van der Waals surface area contributed by atoms with Gasteiger partial charge in [-0.25, -0.2) is 0 Å². The molecule has 0 aliphatic heterocycles. The molecule has 0 amide bonds. The van der Waals surface area contributed by atoms with Crippen LogP contribution in [0, 0.1) is 0 Å². The maximum atomic E-state index is 6.16. The summed E-state index contributed by atoms with van der Waals surface area (Å²) in [4.78, 5) is 0. The lowest BCUT2D eigenvalue weighted by Gasteiger charge is -2.12. The van der Waals surface area contributed by atoms with E-state index in [0.29, 0.717) is 5.92 Å². The number of rotatable bonds is 3. The molecule has 0 aliphatic rings. The zero-order valence-corrected chi connectivity index (χ0v) is 10.1. The Hall–Kier alpha value is -1.27. The van der Waals surface area contributed by atoms with Gasteiger partial charge in [-0.05, 0) is 29.5 Å². The van der Waals surface area contributed by atoms with Gasteiger partial charge in [-0.3, -0.25) is 0 Å². The molecule has 0 bridgehead atoms. The van der Waals surface area contributed by atoms with Gasteiger partial charge in [0.25, 0.3) is 0 Å². The summed E-state index contributed by atoms with van der Waals surface area (Å²) in [7, 11) is 0. The van der Waals surface area contributed by atoms with E-state index in [0.717, 1.165) is 11.4 Å². The Morgan fingerprint density at radius 2 is 1.56 bits per heavy atom. The fourth-order valence-electron chi connectivity index (χ4n) is 1.89. The molecule has 1 unspecified atom stereocenters. The maximum absolute atomic E-state index is 6.16. The Balaban J connectivity index is 2.14. The van der Waals surface area contributed by atoms with Gasteiger partial charge in [0.15, 0.2) is 0 Å². The van der Waals surface area contributed by atoms with Gasteiger partial charge in [-0.1, -0.05) is 67.1 Å². The largest absolute Gasteiger partial charge is 0.0840 e. The first-order valence-electron chi connectivity index (χ1n) is 5.55. The van der Waals surface area contributed by atoms with Gasteiger partial charge in [-0.2, -0.15) is 0 Å². The zero-order chi connectivity index (χ0) is 11.4. The van der Waals surface area contributed by atoms with Gasteiger partial charge in [0.05, 0.1) is 0 Å². The van der Waals surface area contributed by atoms with Gasteiger partial charge in [0.2, 0.25) is 0 Å². The molecule has 0 aliphatic carbocycles. The summed E-state index contributed by atoms with van der Waals surface area (Å²) < 4.78 is 0. The van der Waals surface area contributed by atoms with Crippen LogP contribution < -0.4 is 0 Å². The molecule has 0 spiro atoms. The van der Waals surface area contributed by atoms with Crippen molar-refractivity contribution >= 4 is 11.6 Å². The highest BCUT2D eigenvalue weighted by atomic mass is 35.5. The van der Waals surface area contributed by atoms with E-state index < -0.39 is 0 Å². The van der Waals surface area contributed by atoms with Crippen molar-refractivity contribution in [2.75, 3.05) is 0 Å². The summed E-state index contributed by atoms with van der Waals surface area (Å²) in [5, 5.41) is 0.866. The molecule has 0 N–H and O–H groups in total. The molecule has 2 aromatic carbocycles. The number of hydrogen-bond acceptors (Lipinski definition) is 0. The summed E-state index contributed by atoms with van der Waals surface area (Å²) in [6.07, 6.45) is 0.990. The average molecular weight is 231 g/mol. The number of benzene rings is 2. The summed E-state index contributed by atoms with van der Waals surface area (Å²) in [5.74, 6) is 0.501. The second kappa shape index (κ2) is 5.18. The van der Waals surface area contributed by atoms with Crippen molar-refractivity contribution in [1.29, 1.82) is 0 Å². The summed E-state index contributed by atoms with van der Waals surface area (Å²) >= 11 is 6.16. The van der Waals surface area contributed by atoms with E-state index in [1.165, 1.54) is 11.1 Å². The minimum Gasteiger partial charge on any atom is -0.0840 e. The second-order valence-corrected chi connectivity index (χ2v) is 4.51. The summed E-state index contributed by atoms with van der Waals surface area (Å²) in [6.45, 7) is 2.23. The van der Waals surface area contributed by atoms with Crippen LogP contribution in [0.2, 0.25) is 5.02 Å². The third kappa shape index (κ3) is 2.65. The van der Waals surface area contributed by atoms with Crippen LogP contribution in [-0.2, 0) is 6.42 Å². The molecule has 0 heterocycles. The molecule has 2 aromatic rings. The van der Waals surface area contributed by atoms with Gasteiger partial charge >= 0.3 is 0 Å². The van der Waals surface area contributed by atoms with Crippen molar-refractivity contribution in [2.45, 2.75) is 19.3 Å². The Bertz CT molecular complexity index is 448. The highest BCUT2D eigenvalue weighted by Gasteiger charge is 2.07. The monoisotopic (exact) mass is 230 g/mol. The van der Waals surface area contributed by atoms with Crippen molar-refractivity contribution in [2.24, 2.45) is 0 Å².